The second kappa shape index (κ2) is 9.02. The zero-order valence-electron chi connectivity index (χ0n) is 18.5. The molecular formula is C24H21N5O5. The number of rotatable bonds is 6. The van der Waals surface area contributed by atoms with E-state index in [1.165, 1.54) is 18.8 Å². The minimum Gasteiger partial charge on any atom is -0.453 e. The van der Waals surface area contributed by atoms with Crippen LogP contribution in [0.25, 0.3) is 16.9 Å². The summed E-state index contributed by atoms with van der Waals surface area (Å²) in [4.78, 5) is 50.1. The first-order chi connectivity index (χ1) is 16.3. The lowest BCUT2D eigenvalue weighted by Crippen LogP contribution is -2.42. The van der Waals surface area contributed by atoms with E-state index in [0.29, 0.717) is 11.4 Å². The van der Waals surface area contributed by atoms with Crippen molar-refractivity contribution in [3.05, 3.63) is 98.8 Å². The third-order valence-electron chi connectivity index (χ3n) is 5.31. The highest BCUT2D eigenvalue weighted by Crippen LogP contribution is 2.22. The summed E-state index contributed by atoms with van der Waals surface area (Å²) < 4.78 is 8.41. The highest BCUT2D eigenvalue weighted by atomic mass is 16.5. The van der Waals surface area contributed by atoms with Gasteiger partial charge in [-0.2, -0.15) is 5.10 Å². The fourth-order valence-corrected chi connectivity index (χ4v) is 3.44. The minimum atomic E-state index is -0.859. The molecule has 0 unspecified atom stereocenters. The number of Topliss-reactive ketones (excluding diaryl/α,β-unsaturated/α-hetero) is 1. The van der Waals surface area contributed by atoms with Crippen LogP contribution in [0.3, 0.4) is 0 Å². The number of aromatic nitrogens is 4. The first-order valence-corrected chi connectivity index (χ1v) is 10.3. The molecule has 2 N–H and O–H groups in total. The van der Waals surface area contributed by atoms with Gasteiger partial charge in [0, 0.05) is 19.7 Å². The Morgan fingerprint density at radius 3 is 2.21 bits per heavy atom. The number of anilines is 1. The topological polar surface area (TPSA) is 131 Å². The molecule has 0 aliphatic rings. The van der Waals surface area contributed by atoms with Gasteiger partial charge < -0.3 is 10.5 Å². The number of benzene rings is 2. The molecule has 0 atom stereocenters. The van der Waals surface area contributed by atoms with Gasteiger partial charge in [-0.25, -0.2) is 14.3 Å². The van der Waals surface area contributed by atoms with Crippen LogP contribution in [-0.2, 0) is 18.8 Å². The molecular weight excluding hydrogens is 438 g/mol. The van der Waals surface area contributed by atoms with Gasteiger partial charge >= 0.3 is 11.7 Å². The molecule has 10 nitrogen and oxygen atoms in total. The number of hydrogen-bond donors (Lipinski definition) is 1. The lowest BCUT2D eigenvalue weighted by Gasteiger charge is -2.11. The predicted octanol–water partition coefficient (Wildman–Crippen LogP) is 1.56. The molecule has 2 aromatic carbocycles. The Morgan fingerprint density at radius 1 is 0.941 bits per heavy atom. The lowest BCUT2D eigenvalue weighted by atomic mass is 10.1. The van der Waals surface area contributed by atoms with E-state index < -0.39 is 35.2 Å². The van der Waals surface area contributed by atoms with Crippen molar-refractivity contribution in [3.63, 3.8) is 0 Å². The Labute approximate surface area is 193 Å². The lowest BCUT2D eigenvalue weighted by molar-refractivity contribution is 0.0465. The number of esters is 1. The predicted molar refractivity (Wildman–Crippen MR) is 125 cm³/mol. The molecule has 0 spiro atoms. The van der Waals surface area contributed by atoms with E-state index in [9.17, 15) is 19.2 Å². The van der Waals surface area contributed by atoms with Crippen LogP contribution < -0.4 is 17.0 Å². The molecule has 172 valence electrons. The van der Waals surface area contributed by atoms with Crippen LogP contribution in [0.2, 0.25) is 0 Å². The van der Waals surface area contributed by atoms with Crippen LogP contribution in [0.5, 0.6) is 0 Å². The second-order valence-corrected chi connectivity index (χ2v) is 7.49. The largest absolute Gasteiger partial charge is 0.453 e. The highest BCUT2D eigenvalue weighted by molar-refractivity contribution is 6.02. The van der Waals surface area contributed by atoms with Crippen molar-refractivity contribution in [1.29, 1.82) is 0 Å². The molecule has 4 rings (SSSR count). The van der Waals surface area contributed by atoms with E-state index in [1.54, 1.807) is 30.3 Å². The Kier molecular flexibility index (Phi) is 5.96. The monoisotopic (exact) mass is 459 g/mol. The van der Waals surface area contributed by atoms with Gasteiger partial charge in [0.2, 0.25) is 5.78 Å². The number of nitrogens with zero attached hydrogens (tertiary/aromatic N) is 4. The van der Waals surface area contributed by atoms with Gasteiger partial charge in [-0.15, -0.1) is 0 Å². The van der Waals surface area contributed by atoms with Crippen molar-refractivity contribution < 1.29 is 14.3 Å². The smallest absolute Gasteiger partial charge is 0.357 e. The first-order valence-electron chi connectivity index (χ1n) is 10.3. The van der Waals surface area contributed by atoms with E-state index in [2.05, 4.69) is 5.10 Å². The fraction of sp³-hybridized carbons (Fsp3) is 0.125. The number of nitrogen functional groups attached to an aromatic ring is 1. The van der Waals surface area contributed by atoms with Gasteiger partial charge in [-0.05, 0) is 18.2 Å². The van der Waals surface area contributed by atoms with Crippen LogP contribution in [0.4, 0.5) is 5.82 Å². The minimum absolute atomic E-state index is 0.0965. The van der Waals surface area contributed by atoms with Crippen molar-refractivity contribution in [1.82, 2.24) is 18.9 Å². The van der Waals surface area contributed by atoms with Crippen molar-refractivity contribution >= 4 is 17.6 Å². The third-order valence-corrected chi connectivity index (χ3v) is 5.31. The molecule has 0 aliphatic carbocycles. The molecule has 0 saturated heterocycles. The van der Waals surface area contributed by atoms with E-state index in [0.717, 1.165) is 14.7 Å². The molecule has 10 heteroatoms. The Morgan fingerprint density at radius 2 is 1.56 bits per heavy atom. The number of para-hydroxylation sites is 1. The van der Waals surface area contributed by atoms with Crippen molar-refractivity contribution in [3.8, 4) is 16.9 Å². The summed E-state index contributed by atoms with van der Waals surface area (Å²) in [6, 6.07) is 19.8. The molecule has 0 amide bonds. The van der Waals surface area contributed by atoms with Crippen LogP contribution in [0, 0.1) is 0 Å². The van der Waals surface area contributed by atoms with E-state index in [4.69, 9.17) is 10.5 Å². The molecule has 4 aromatic rings. The van der Waals surface area contributed by atoms with E-state index in [-0.39, 0.29) is 11.5 Å². The zero-order valence-corrected chi connectivity index (χ0v) is 18.5. The van der Waals surface area contributed by atoms with Gasteiger partial charge in [0.25, 0.3) is 5.56 Å². The average molecular weight is 459 g/mol. The summed E-state index contributed by atoms with van der Waals surface area (Å²) in [7, 11) is 2.57. The Hall–Kier alpha value is -4.73. The Balaban J connectivity index is 1.65. The summed E-state index contributed by atoms with van der Waals surface area (Å²) in [5, 5.41) is 4.54. The number of hydrogen-bond acceptors (Lipinski definition) is 7. The number of ketones is 1. The number of nitrogens with two attached hydrogens (primary N) is 1. The number of carbonyl (C=O) groups excluding carboxylic acids is 2. The highest BCUT2D eigenvalue weighted by Gasteiger charge is 2.24. The molecule has 34 heavy (non-hydrogen) atoms. The molecule has 2 heterocycles. The SMILES string of the molecule is Cn1c(N)c(C(=O)COC(=O)c2cc(-c3ccccc3)nn2-c2ccccc2)c(=O)n(C)c1=O. The fourth-order valence-electron chi connectivity index (χ4n) is 3.44. The van der Waals surface area contributed by atoms with Gasteiger partial charge in [0.1, 0.15) is 11.4 Å². The molecule has 0 bridgehead atoms. The van der Waals surface area contributed by atoms with E-state index >= 15 is 0 Å². The van der Waals surface area contributed by atoms with Crippen LogP contribution >= 0.6 is 0 Å². The Bertz CT molecular complexity index is 1500. The maximum atomic E-state index is 13.0. The van der Waals surface area contributed by atoms with Gasteiger partial charge in [0.05, 0.1) is 11.4 Å². The average Bonchev–Trinajstić information content (AvgIpc) is 3.32. The number of ether oxygens (including phenoxy) is 1. The molecule has 2 aromatic heterocycles. The molecule has 0 saturated carbocycles. The second-order valence-electron chi connectivity index (χ2n) is 7.49. The molecule has 0 aliphatic heterocycles. The van der Waals surface area contributed by atoms with Gasteiger partial charge in [-0.1, -0.05) is 48.5 Å². The summed E-state index contributed by atoms with van der Waals surface area (Å²) >= 11 is 0. The molecule has 0 fully saturated rings. The normalized spacial score (nSPS) is 10.8. The maximum absolute atomic E-state index is 13.0. The number of carbonyl (C=O) groups is 2. The summed E-state index contributed by atoms with van der Waals surface area (Å²) in [5.41, 5.74) is 5.92. The summed E-state index contributed by atoms with van der Waals surface area (Å²) in [5.74, 6) is -1.93. The summed E-state index contributed by atoms with van der Waals surface area (Å²) in [6.07, 6.45) is 0. The van der Waals surface area contributed by atoms with Crippen molar-refractivity contribution in [2.75, 3.05) is 12.3 Å². The van der Waals surface area contributed by atoms with Crippen molar-refractivity contribution in [2.45, 2.75) is 0 Å². The standard InChI is InChI=1S/C24H21N5O5/c1-27-21(25)20(22(31)28(2)24(27)33)19(30)14-34-23(32)18-13-17(15-9-5-3-6-10-15)26-29(18)16-11-7-4-8-12-16/h3-13H,14,25H2,1-2H3. The van der Waals surface area contributed by atoms with E-state index in [1.807, 2.05) is 36.4 Å². The van der Waals surface area contributed by atoms with Gasteiger partial charge in [-0.3, -0.25) is 18.7 Å². The van der Waals surface area contributed by atoms with Crippen LogP contribution in [-0.4, -0.2) is 37.3 Å². The zero-order chi connectivity index (χ0) is 24.4. The van der Waals surface area contributed by atoms with Gasteiger partial charge in [0.15, 0.2) is 12.3 Å². The van der Waals surface area contributed by atoms with Crippen molar-refractivity contribution in [2.24, 2.45) is 14.1 Å². The first kappa shape index (κ1) is 22.5. The van der Waals surface area contributed by atoms with Crippen LogP contribution in [0.15, 0.2) is 76.3 Å². The van der Waals surface area contributed by atoms with Crippen LogP contribution in [0.1, 0.15) is 20.8 Å². The molecule has 0 radical (unpaired) electrons. The quantitative estimate of drug-likeness (QED) is 0.342. The third kappa shape index (κ3) is 4.04. The maximum Gasteiger partial charge on any atom is 0.357 e. The summed E-state index contributed by atoms with van der Waals surface area (Å²) in [6.45, 7) is -0.739.